The zero-order valence-electron chi connectivity index (χ0n) is 11.8. The molecule has 3 aromatic rings. The van der Waals surface area contributed by atoms with Crippen LogP contribution < -0.4 is 5.32 Å². The molecule has 22 heavy (non-hydrogen) atoms. The van der Waals surface area contributed by atoms with Crippen LogP contribution in [-0.4, -0.2) is 31.3 Å². The van der Waals surface area contributed by atoms with Gasteiger partial charge in [0.05, 0.1) is 14.4 Å². The van der Waals surface area contributed by atoms with E-state index in [-0.39, 0.29) is 23.5 Å². The molecule has 0 aliphatic heterocycles. The molecule has 0 aliphatic carbocycles. The summed E-state index contributed by atoms with van der Waals surface area (Å²) < 4.78 is 1.02. The summed E-state index contributed by atoms with van der Waals surface area (Å²) >= 11 is 4.97. The monoisotopic (exact) mass is 380 g/mol. The standard InChI is InChI=1S/C13H13BrN6OS/c1-6(2)11-15-13(20-19-11)16-12(21)8-5-7(17-18-8)9-3-4-10(14)22-9/h3-6H,1-2H3,(H,17,18)(H2,15,16,19,20,21). The Morgan fingerprint density at radius 2 is 2.14 bits per heavy atom. The summed E-state index contributed by atoms with van der Waals surface area (Å²) in [4.78, 5) is 17.4. The van der Waals surface area contributed by atoms with Crippen LogP contribution >= 0.6 is 27.3 Å². The van der Waals surface area contributed by atoms with Crippen LogP contribution in [0, 0.1) is 0 Å². The Balaban J connectivity index is 1.73. The van der Waals surface area contributed by atoms with Gasteiger partial charge in [-0.05, 0) is 34.1 Å². The van der Waals surface area contributed by atoms with E-state index in [2.05, 4.69) is 46.6 Å². The van der Waals surface area contributed by atoms with Crippen molar-refractivity contribution in [2.24, 2.45) is 0 Å². The van der Waals surface area contributed by atoms with Gasteiger partial charge in [-0.25, -0.2) is 0 Å². The minimum absolute atomic E-state index is 0.215. The van der Waals surface area contributed by atoms with Crippen molar-refractivity contribution in [3.05, 3.63) is 33.5 Å². The predicted molar refractivity (Wildman–Crippen MR) is 88.0 cm³/mol. The molecule has 114 valence electrons. The van der Waals surface area contributed by atoms with Crippen LogP contribution in [0.3, 0.4) is 0 Å². The molecule has 0 spiro atoms. The molecule has 1 amide bonds. The van der Waals surface area contributed by atoms with Crippen LogP contribution in [0.25, 0.3) is 10.6 Å². The summed E-state index contributed by atoms with van der Waals surface area (Å²) in [7, 11) is 0. The summed E-state index contributed by atoms with van der Waals surface area (Å²) in [6.07, 6.45) is 0. The molecule has 9 heteroatoms. The van der Waals surface area contributed by atoms with E-state index < -0.39 is 0 Å². The lowest BCUT2D eigenvalue weighted by Gasteiger charge is -1.97. The molecule has 0 aliphatic rings. The molecule has 3 aromatic heterocycles. The molecule has 3 heterocycles. The van der Waals surface area contributed by atoms with Crippen LogP contribution in [0.2, 0.25) is 0 Å². The Morgan fingerprint density at radius 1 is 1.32 bits per heavy atom. The van der Waals surface area contributed by atoms with Gasteiger partial charge in [0.15, 0.2) is 5.69 Å². The number of anilines is 1. The molecule has 0 aromatic carbocycles. The molecular weight excluding hydrogens is 368 g/mol. The number of amides is 1. The summed E-state index contributed by atoms with van der Waals surface area (Å²) in [6.45, 7) is 3.98. The summed E-state index contributed by atoms with van der Waals surface area (Å²) in [5.74, 6) is 0.832. The number of hydrogen-bond acceptors (Lipinski definition) is 5. The number of rotatable bonds is 4. The third kappa shape index (κ3) is 3.09. The highest BCUT2D eigenvalue weighted by Crippen LogP contribution is 2.30. The first-order chi connectivity index (χ1) is 10.5. The Labute approximate surface area is 138 Å². The number of hydrogen-bond donors (Lipinski definition) is 3. The maximum absolute atomic E-state index is 12.1. The van der Waals surface area contributed by atoms with E-state index >= 15 is 0 Å². The van der Waals surface area contributed by atoms with Crippen molar-refractivity contribution in [1.29, 1.82) is 0 Å². The second-order valence-electron chi connectivity index (χ2n) is 4.92. The number of aromatic nitrogens is 5. The molecule has 0 bridgehead atoms. The Morgan fingerprint density at radius 3 is 2.77 bits per heavy atom. The number of nitrogens with zero attached hydrogens (tertiary/aromatic N) is 3. The molecular formula is C13H13BrN6OS. The van der Waals surface area contributed by atoms with E-state index in [1.54, 1.807) is 17.4 Å². The second-order valence-corrected chi connectivity index (χ2v) is 7.39. The van der Waals surface area contributed by atoms with E-state index in [0.29, 0.717) is 0 Å². The maximum atomic E-state index is 12.1. The smallest absolute Gasteiger partial charge is 0.278 e. The van der Waals surface area contributed by atoms with Gasteiger partial charge in [0, 0.05) is 5.92 Å². The third-order valence-electron chi connectivity index (χ3n) is 2.92. The normalized spacial score (nSPS) is 11.1. The van der Waals surface area contributed by atoms with Crippen molar-refractivity contribution >= 4 is 39.1 Å². The number of halogens is 1. The maximum Gasteiger partial charge on any atom is 0.278 e. The van der Waals surface area contributed by atoms with Gasteiger partial charge >= 0.3 is 0 Å². The number of carbonyl (C=O) groups is 1. The van der Waals surface area contributed by atoms with Gasteiger partial charge in [0.25, 0.3) is 5.91 Å². The average molecular weight is 381 g/mol. The minimum Gasteiger partial charge on any atom is -0.288 e. The molecule has 0 atom stereocenters. The first-order valence-corrected chi connectivity index (χ1v) is 8.18. The van der Waals surface area contributed by atoms with Gasteiger partial charge in [0.1, 0.15) is 5.82 Å². The first-order valence-electron chi connectivity index (χ1n) is 6.57. The van der Waals surface area contributed by atoms with Crippen molar-refractivity contribution < 1.29 is 4.79 Å². The highest BCUT2D eigenvalue weighted by molar-refractivity contribution is 9.11. The highest BCUT2D eigenvalue weighted by Gasteiger charge is 2.15. The van der Waals surface area contributed by atoms with Gasteiger partial charge in [-0.3, -0.25) is 20.3 Å². The fourth-order valence-corrected chi connectivity index (χ4v) is 3.13. The Hall–Kier alpha value is -2.00. The van der Waals surface area contributed by atoms with Gasteiger partial charge in [-0.15, -0.1) is 16.4 Å². The van der Waals surface area contributed by atoms with E-state index in [9.17, 15) is 4.79 Å². The molecule has 3 rings (SSSR count). The fraction of sp³-hybridized carbons (Fsp3) is 0.231. The number of aromatic amines is 2. The van der Waals surface area contributed by atoms with Crippen molar-refractivity contribution in [2.75, 3.05) is 5.32 Å². The number of carbonyl (C=O) groups excluding carboxylic acids is 1. The van der Waals surface area contributed by atoms with Gasteiger partial charge in [-0.1, -0.05) is 13.8 Å². The predicted octanol–water partition coefficient (Wildman–Crippen LogP) is 3.39. The van der Waals surface area contributed by atoms with E-state index in [1.807, 2.05) is 26.0 Å². The molecule has 0 saturated carbocycles. The largest absolute Gasteiger partial charge is 0.288 e. The summed E-state index contributed by atoms with van der Waals surface area (Å²) in [5.41, 5.74) is 1.08. The SMILES string of the molecule is CC(C)c1nc(NC(=O)c2cc(-c3ccc(Br)s3)[nH]n2)n[nH]1. The van der Waals surface area contributed by atoms with Crippen molar-refractivity contribution in [1.82, 2.24) is 25.4 Å². The summed E-state index contributed by atoms with van der Waals surface area (Å²) in [6, 6.07) is 5.60. The van der Waals surface area contributed by atoms with Crippen LogP contribution in [0.15, 0.2) is 22.0 Å². The van der Waals surface area contributed by atoms with Gasteiger partial charge < -0.3 is 0 Å². The Kier molecular flexibility index (Phi) is 4.08. The van der Waals surface area contributed by atoms with Crippen LogP contribution in [0.4, 0.5) is 5.95 Å². The van der Waals surface area contributed by atoms with Gasteiger partial charge in [0.2, 0.25) is 5.95 Å². The first kappa shape index (κ1) is 14.9. The minimum atomic E-state index is -0.354. The summed E-state index contributed by atoms with van der Waals surface area (Å²) in [5, 5.41) is 16.3. The van der Waals surface area contributed by atoms with Crippen molar-refractivity contribution in [2.45, 2.75) is 19.8 Å². The van der Waals surface area contributed by atoms with Crippen molar-refractivity contribution in [3.8, 4) is 10.6 Å². The quantitative estimate of drug-likeness (QED) is 0.645. The van der Waals surface area contributed by atoms with Crippen molar-refractivity contribution in [3.63, 3.8) is 0 Å². The van der Waals surface area contributed by atoms with Crippen LogP contribution in [0.5, 0.6) is 0 Å². The molecule has 0 fully saturated rings. The molecule has 0 saturated heterocycles. The Bertz CT molecular complexity index is 805. The number of nitrogens with one attached hydrogen (secondary N) is 3. The molecule has 7 nitrogen and oxygen atoms in total. The molecule has 0 unspecified atom stereocenters. The van der Waals surface area contributed by atoms with E-state index in [4.69, 9.17) is 0 Å². The number of H-pyrrole nitrogens is 2. The number of thiophene rings is 1. The molecule has 0 radical (unpaired) electrons. The lowest BCUT2D eigenvalue weighted by molar-refractivity contribution is 0.102. The van der Waals surface area contributed by atoms with Crippen LogP contribution in [0.1, 0.15) is 36.1 Å². The topological polar surface area (TPSA) is 99.3 Å². The lowest BCUT2D eigenvalue weighted by Crippen LogP contribution is -2.13. The highest BCUT2D eigenvalue weighted by atomic mass is 79.9. The third-order valence-corrected chi connectivity index (χ3v) is 4.58. The second kappa shape index (κ2) is 6.01. The average Bonchev–Trinajstić information content (AvgIpc) is 3.16. The fourth-order valence-electron chi connectivity index (χ4n) is 1.78. The lowest BCUT2D eigenvalue weighted by atomic mass is 10.2. The van der Waals surface area contributed by atoms with Gasteiger partial charge in [-0.2, -0.15) is 10.1 Å². The zero-order chi connectivity index (χ0) is 15.7. The zero-order valence-corrected chi connectivity index (χ0v) is 14.2. The van der Waals surface area contributed by atoms with Crippen LogP contribution in [-0.2, 0) is 0 Å². The van der Waals surface area contributed by atoms with E-state index in [0.717, 1.165) is 20.2 Å². The molecule has 3 N–H and O–H groups in total. The van der Waals surface area contributed by atoms with E-state index in [1.165, 1.54) is 0 Å².